The molecule has 2 fully saturated rings. The van der Waals surface area contributed by atoms with Crippen LogP contribution >= 0.6 is 48.8 Å². The van der Waals surface area contributed by atoms with Crippen LogP contribution in [0, 0.1) is 0 Å². The van der Waals surface area contributed by atoms with Crippen LogP contribution in [0.5, 0.6) is 0 Å². The number of rotatable bonds is 5. The molecular formula is C19H33Cl4N3. The van der Waals surface area contributed by atoms with E-state index in [4.69, 9.17) is 11.6 Å². The molecule has 1 saturated heterocycles. The second-order valence-corrected chi connectivity index (χ2v) is 7.31. The fourth-order valence-electron chi connectivity index (χ4n) is 4.01. The van der Waals surface area contributed by atoms with Gasteiger partial charge in [-0.15, -0.1) is 37.2 Å². The van der Waals surface area contributed by atoms with E-state index in [9.17, 15) is 0 Å². The molecule has 0 spiro atoms. The van der Waals surface area contributed by atoms with Crippen molar-refractivity contribution < 1.29 is 0 Å². The minimum atomic E-state index is 0. The first-order valence-corrected chi connectivity index (χ1v) is 9.65. The number of nitrogens with one attached hydrogen (secondary N) is 1. The van der Waals surface area contributed by atoms with Gasteiger partial charge in [0.2, 0.25) is 0 Å². The lowest BCUT2D eigenvalue weighted by molar-refractivity contribution is 0.130. The molecule has 1 aliphatic carbocycles. The zero-order valence-electron chi connectivity index (χ0n) is 15.5. The molecule has 1 unspecified atom stereocenters. The molecule has 3 rings (SSSR count). The first-order valence-electron chi connectivity index (χ1n) is 9.27. The highest BCUT2D eigenvalue weighted by Crippen LogP contribution is 2.26. The number of piperazine rings is 1. The lowest BCUT2D eigenvalue weighted by Crippen LogP contribution is -2.56. The first kappa shape index (κ1) is 26.1. The van der Waals surface area contributed by atoms with E-state index >= 15 is 0 Å². The van der Waals surface area contributed by atoms with E-state index in [-0.39, 0.29) is 37.2 Å². The molecule has 2 aliphatic rings. The van der Waals surface area contributed by atoms with Crippen molar-refractivity contribution in [2.75, 3.05) is 31.1 Å². The summed E-state index contributed by atoms with van der Waals surface area (Å²) in [5, 5.41) is 4.79. The van der Waals surface area contributed by atoms with Crippen molar-refractivity contribution in [2.45, 2.75) is 57.7 Å². The summed E-state index contributed by atoms with van der Waals surface area (Å²) in [5.41, 5.74) is 1.18. The molecule has 1 heterocycles. The van der Waals surface area contributed by atoms with Gasteiger partial charge in [-0.3, -0.25) is 10.2 Å². The number of para-hydroxylation sites is 1. The van der Waals surface area contributed by atoms with Crippen LogP contribution in [0.2, 0.25) is 5.02 Å². The Balaban J connectivity index is 0.00000208. The maximum atomic E-state index is 6.34. The van der Waals surface area contributed by atoms with Crippen molar-refractivity contribution in [2.24, 2.45) is 0 Å². The Labute approximate surface area is 182 Å². The number of halogens is 4. The normalized spacial score (nSPS) is 19.7. The zero-order valence-corrected chi connectivity index (χ0v) is 18.7. The molecular weight excluding hydrogens is 412 g/mol. The van der Waals surface area contributed by atoms with Crippen LogP contribution in [0.1, 0.15) is 45.4 Å². The van der Waals surface area contributed by atoms with E-state index in [2.05, 4.69) is 34.2 Å². The second-order valence-electron chi connectivity index (χ2n) is 6.90. The lowest BCUT2D eigenvalue weighted by atomic mass is 9.95. The Morgan fingerprint density at radius 3 is 2.19 bits per heavy atom. The summed E-state index contributed by atoms with van der Waals surface area (Å²) in [6.07, 6.45) is 8.65. The van der Waals surface area contributed by atoms with Gasteiger partial charge in [-0.25, -0.2) is 0 Å². The molecule has 1 N–H and O–H groups in total. The smallest absolute Gasteiger partial charge is 0.0639 e. The molecule has 0 bridgehead atoms. The first-order chi connectivity index (χ1) is 11.3. The number of anilines is 1. The summed E-state index contributed by atoms with van der Waals surface area (Å²) >= 11 is 6.34. The van der Waals surface area contributed by atoms with Gasteiger partial charge in [-0.05, 0) is 31.4 Å². The number of benzene rings is 1. The van der Waals surface area contributed by atoms with Gasteiger partial charge in [0.1, 0.15) is 0 Å². The van der Waals surface area contributed by atoms with Gasteiger partial charge in [0.15, 0.2) is 0 Å². The van der Waals surface area contributed by atoms with Gasteiger partial charge in [0.25, 0.3) is 0 Å². The van der Waals surface area contributed by atoms with E-state index in [1.165, 1.54) is 44.2 Å². The Hall–Kier alpha value is 0.1000. The van der Waals surface area contributed by atoms with Crippen LogP contribution in [-0.2, 0) is 0 Å². The van der Waals surface area contributed by atoms with Gasteiger partial charge in [-0.2, -0.15) is 0 Å². The van der Waals surface area contributed by atoms with Crippen LogP contribution in [0.3, 0.4) is 0 Å². The molecule has 1 aromatic rings. The van der Waals surface area contributed by atoms with Gasteiger partial charge >= 0.3 is 0 Å². The fraction of sp³-hybridized carbons (Fsp3) is 0.684. The van der Waals surface area contributed by atoms with Crippen molar-refractivity contribution >= 4 is 54.5 Å². The Bertz CT molecular complexity index is 489. The Kier molecular flexibility index (Phi) is 13.4. The van der Waals surface area contributed by atoms with Crippen molar-refractivity contribution in [3.63, 3.8) is 0 Å². The predicted octanol–water partition coefficient (Wildman–Crippen LogP) is 5.39. The molecule has 26 heavy (non-hydrogen) atoms. The van der Waals surface area contributed by atoms with Crippen LogP contribution < -0.4 is 10.2 Å². The van der Waals surface area contributed by atoms with E-state index in [1.54, 1.807) is 0 Å². The Morgan fingerprint density at radius 2 is 1.62 bits per heavy atom. The lowest BCUT2D eigenvalue weighted by Gasteiger charge is -2.42. The molecule has 1 aromatic carbocycles. The van der Waals surface area contributed by atoms with Crippen molar-refractivity contribution in [3.05, 3.63) is 29.3 Å². The summed E-state index contributed by atoms with van der Waals surface area (Å²) < 4.78 is 0. The van der Waals surface area contributed by atoms with E-state index < -0.39 is 0 Å². The molecule has 1 saturated carbocycles. The molecule has 0 radical (unpaired) electrons. The maximum absolute atomic E-state index is 6.34. The molecule has 1 aliphatic heterocycles. The van der Waals surface area contributed by atoms with Crippen LogP contribution in [-0.4, -0.2) is 43.3 Å². The highest BCUT2D eigenvalue weighted by Gasteiger charge is 2.25. The summed E-state index contributed by atoms with van der Waals surface area (Å²) in [6, 6.07) is 8.93. The van der Waals surface area contributed by atoms with Gasteiger partial charge in [0, 0.05) is 32.2 Å². The quantitative estimate of drug-likeness (QED) is 0.656. The highest BCUT2D eigenvalue weighted by atomic mass is 35.5. The second kappa shape index (κ2) is 13.3. The molecule has 7 heteroatoms. The van der Waals surface area contributed by atoms with Crippen molar-refractivity contribution in [3.8, 4) is 0 Å². The fourth-order valence-corrected chi connectivity index (χ4v) is 4.26. The van der Waals surface area contributed by atoms with Gasteiger partial charge in [0.05, 0.1) is 16.9 Å². The number of hydrogen-bond acceptors (Lipinski definition) is 3. The van der Waals surface area contributed by atoms with Crippen LogP contribution in [0.4, 0.5) is 5.69 Å². The summed E-state index contributed by atoms with van der Waals surface area (Å²) in [5.74, 6) is 0. The number of nitrogens with zero attached hydrogens (tertiary/aromatic N) is 2. The summed E-state index contributed by atoms with van der Waals surface area (Å²) in [4.78, 5) is 5.05. The minimum absolute atomic E-state index is 0. The van der Waals surface area contributed by atoms with Gasteiger partial charge < -0.3 is 4.90 Å². The molecule has 0 aromatic heterocycles. The SMILES string of the molecule is CCC(NC1CCCCC1)N1CCN(c2ccccc2Cl)CC1.Cl.Cl.Cl. The summed E-state index contributed by atoms with van der Waals surface area (Å²) in [6.45, 7) is 6.66. The highest BCUT2D eigenvalue weighted by molar-refractivity contribution is 6.33. The topological polar surface area (TPSA) is 18.5 Å². The third-order valence-corrected chi connectivity index (χ3v) is 5.69. The molecule has 0 amide bonds. The number of hydrogen-bond donors (Lipinski definition) is 1. The average molecular weight is 445 g/mol. The third-order valence-electron chi connectivity index (χ3n) is 5.37. The molecule has 3 nitrogen and oxygen atoms in total. The standard InChI is InChI=1S/C19H30ClN3.3ClH/c1-2-19(21-16-8-4-3-5-9-16)23-14-12-22(13-15-23)18-11-7-6-10-17(18)20;;;/h6-7,10-11,16,19,21H,2-5,8-9,12-15H2,1H3;3*1H. The minimum Gasteiger partial charge on any atom is -0.368 e. The predicted molar refractivity (Wildman–Crippen MR) is 121 cm³/mol. The zero-order chi connectivity index (χ0) is 16.1. The van der Waals surface area contributed by atoms with Crippen LogP contribution in [0.25, 0.3) is 0 Å². The molecule has 1 atom stereocenters. The maximum Gasteiger partial charge on any atom is 0.0639 e. The average Bonchev–Trinajstić information content (AvgIpc) is 2.61. The van der Waals surface area contributed by atoms with Gasteiger partial charge in [-0.1, -0.05) is 49.9 Å². The van der Waals surface area contributed by atoms with Crippen molar-refractivity contribution in [1.82, 2.24) is 10.2 Å². The largest absolute Gasteiger partial charge is 0.368 e. The monoisotopic (exact) mass is 443 g/mol. The molecule has 152 valence electrons. The van der Waals surface area contributed by atoms with Crippen LogP contribution in [0.15, 0.2) is 24.3 Å². The van der Waals surface area contributed by atoms with Crippen molar-refractivity contribution in [1.29, 1.82) is 0 Å². The third kappa shape index (κ3) is 6.92. The summed E-state index contributed by atoms with van der Waals surface area (Å²) in [7, 11) is 0. The Morgan fingerprint density at radius 1 is 1.00 bits per heavy atom. The van der Waals surface area contributed by atoms with E-state index in [1.807, 2.05) is 12.1 Å². The van der Waals surface area contributed by atoms with E-state index in [0.29, 0.717) is 6.17 Å². The van der Waals surface area contributed by atoms with E-state index in [0.717, 1.165) is 37.2 Å².